The van der Waals surface area contributed by atoms with Gasteiger partial charge >= 0.3 is 0 Å². The normalized spacial score (nSPS) is 21.8. The minimum atomic E-state index is -0.216. The summed E-state index contributed by atoms with van der Waals surface area (Å²) < 4.78 is 0.673. The van der Waals surface area contributed by atoms with Crippen LogP contribution in [0.4, 0.5) is 0 Å². The Kier molecular flexibility index (Phi) is 6.09. The molecule has 2 aliphatic rings. The van der Waals surface area contributed by atoms with Crippen molar-refractivity contribution in [3.05, 3.63) is 55.0 Å². The van der Waals surface area contributed by atoms with E-state index in [0.29, 0.717) is 32.8 Å². The number of aromatic nitrogens is 2. The molecule has 3 heterocycles. The summed E-state index contributed by atoms with van der Waals surface area (Å²) in [6.45, 7) is 2.33. The molecule has 166 valence electrons. The first-order chi connectivity index (χ1) is 15.4. The fraction of sp³-hybridized carbons (Fsp3) is 0.364. The minimum Gasteiger partial charge on any atom is -0.349 e. The van der Waals surface area contributed by atoms with Crippen molar-refractivity contribution in [1.29, 1.82) is 0 Å². The number of rotatable bonds is 5. The average Bonchev–Trinajstić information content (AvgIpc) is 3.55. The van der Waals surface area contributed by atoms with E-state index in [-0.39, 0.29) is 23.9 Å². The molecular formula is C22H20BrClN4O2S2. The zero-order chi connectivity index (χ0) is 22.4. The van der Waals surface area contributed by atoms with Crippen LogP contribution in [0.15, 0.2) is 33.6 Å². The summed E-state index contributed by atoms with van der Waals surface area (Å²) in [6, 6.07) is 7.67. The fourth-order valence-electron chi connectivity index (χ4n) is 4.84. The predicted octanol–water partition coefficient (Wildman–Crippen LogP) is 5.41. The van der Waals surface area contributed by atoms with Gasteiger partial charge in [0.2, 0.25) is 0 Å². The molecule has 1 aliphatic heterocycles. The predicted molar refractivity (Wildman–Crippen MR) is 131 cm³/mol. The van der Waals surface area contributed by atoms with E-state index in [4.69, 9.17) is 11.6 Å². The van der Waals surface area contributed by atoms with Crippen molar-refractivity contribution in [3.8, 4) is 10.4 Å². The van der Waals surface area contributed by atoms with Gasteiger partial charge in [-0.3, -0.25) is 9.59 Å². The van der Waals surface area contributed by atoms with Crippen LogP contribution >= 0.6 is 50.2 Å². The van der Waals surface area contributed by atoms with Gasteiger partial charge in [0.05, 0.1) is 15.9 Å². The van der Waals surface area contributed by atoms with E-state index in [9.17, 15) is 9.59 Å². The number of benzene rings is 1. The molecule has 1 aliphatic carbocycles. The first kappa shape index (κ1) is 22.0. The van der Waals surface area contributed by atoms with Crippen LogP contribution in [0, 0.1) is 12.8 Å². The van der Waals surface area contributed by atoms with E-state index >= 15 is 0 Å². The largest absolute Gasteiger partial charge is 0.349 e. The van der Waals surface area contributed by atoms with Crippen LogP contribution in [-0.4, -0.2) is 45.3 Å². The first-order valence-corrected chi connectivity index (χ1v) is 13.2. The summed E-state index contributed by atoms with van der Waals surface area (Å²) in [5.74, 6) is 0.110. The molecule has 0 spiro atoms. The molecule has 1 saturated carbocycles. The van der Waals surface area contributed by atoms with Crippen molar-refractivity contribution < 1.29 is 9.59 Å². The number of likely N-dealkylation sites (tertiary alicyclic amines) is 1. The molecule has 32 heavy (non-hydrogen) atoms. The van der Waals surface area contributed by atoms with Crippen molar-refractivity contribution >= 4 is 62.0 Å². The highest BCUT2D eigenvalue weighted by atomic mass is 79.9. The second-order valence-corrected chi connectivity index (χ2v) is 11.9. The Balaban J connectivity index is 1.40. The summed E-state index contributed by atoms with van der Waals surface area (Å²) in [6.07, 6.45) is 3.05. The number of amides is 2. The zero-order valence-electron chi connectivity index (χ0n) is 17.2. The molecule has 6 nitrogen and oxygen atoms in total. The van der Waals surface area contributed by atoms with Gasteiger partial charge in [-0.25, -0.2) is 9.97 Å². The highest BCUT2D eigenvalue weighted by Gasteiger charge is 2.49. The third-order valence-electron chi connectivity index (χ3n) is 6.18. The number of nitrogens with one attached hydrogen (secondary N) is 1. The Morgan fingerprint density at radius 1 is 1.31 bits per heavy atom. The number of nitrogens with zero attached hydrogens (tertiary/aromatic N) is 3. The van der Waals surface area contributed by atoms with Gasteiger partial charge in [-0.1, -0.05) is 23.7 Å². The van der Waals surface area contributed by atoms with Crippen LogP contribution in [0.25, 0.3) is 10.4 Å². The Morgan fingerprint density at radius 3 is 2.91 bits per heavy atom. The lowest BCUT2D eigenvalue weighted by Crippen LogP contribution is -2.50. The fourth-order valence-corrected chi connectivity index (χ4v) is 6.92. The Bertz CT molecular complexity index is 1200. The van der Waals surface area contributed by atoms with E-state index in [2.05, 4.69) is 31.2 Å². The third kappa shape index (κ3) is 4.11. The van der Waals surface area contributed by atoms with Gasteiger partial charge in [-0.2, -0.15) is 0 Å². The quantitative estimate of drug-likeness (QED) is 0.460. The van der Waals surface area contributed by atoms with E-state index < -0.39 is 0 Å². The van der Waals surface area contributed by atoms with Gasteiger partial charge in [0, 0.05) is 23.0 Å². The maximum Gasteiger partial charge on any atom is 0.274 e. The van der Waals surface area contributed by atoms with Gasteiger partial charge in [-0.15, -0.1) is 22.7 Å². The molecule has 1 saturated heterocycles. The van der Waals surface area contributed by atoms with E-state index in [1.165, 1.54) is 22.7 Å². The topological polar surface area (TPSA) is 75.2 Å². The number of thiazole rings is 2. The highest BCUT2D eigenvalue weighted by Crippen LogP contribution is 2.44. The molecule has 10 heteroatoms. The van der Waals surface area contributed by atoms with Gasteiger partial charge in [-0.05, 0) is 65.7 Å². The third-order valence-corrected chi connectivity index (χ3v) is 8.80. The van der Waals surface area contributed by atoms with Crippen LogP contribution in [0.5, 0.6) is 0 Å². The van der Waals surface area contributed by atoms with Crippen LogP contribution in [0.2, 0.25) is 5.02 Å². The number of hydrogen-bond acceptors (Lipinski definition) is 6. The summed E-state index contributed by atoms with van der Waals surface area (Å²) in [5.41, 5.74) is 1.76. The molecule has 1 aromatic carbocycles. The summed E-state index contributed by atoms with van der Waals surface area (Å²) in [7, 11) is 0. The molecule has 2 aromatic heterocycles. The summed E-state index contributed by atoms with van der Waals surface area (Å²) in [5, 5.41) is 6.18. The van der Waals surface area contributed by atoms with Crippen LogP contribution in [0.3, 0.4) is 0 Å². The lowest BCUT2D eigenvalue weighted by Gasteiger charge is -2.35. The number of halogens is 2. The number of carbonyl (C=O) groups is 2. The molecule has 2 fully saturated rings. The molecule has 5 rings (SSSR count). The number of fused-ring (bicyclic) bond motifs is 2. The second-order valence-electron chi connectivity index (χ2n) is 8.12. The standard InChI is InChI=1S/C22H20BrClN4O2S2/c1-11-26-18(19(32-11)13-3-2-4-14(24)7-13)21(30)28-15-6-5-12(8-15)17(28)9-25-20(29)16-10-31-22(23)27-16/h2-4,7,10,12,15,17H,5-6,8-9H2,1H3,(H,25,29)/t12-,15+,17+/m0/s1. The lowest BCUT2D eigenvalue weighted by molar-refractivity contribution is 0.0577. The molecule has 1 N–H and O–H groups in total. The van der Waals surface area contributed by atoms with E-state index in [1.54, 1.807) is 5.38 Å². The Labute approximate surface area is 207 Å². The Hall–Kier alpha value is -1.81. The zero-order valence-corrected chi connectivity index (χ0v) is 21.2. The van der Waals surface area contributed by atoms with Crippen molar-refractivity contribution in [1.82, 2.24) is 20.2 Å². The van der Waals surface area contributed by atoms with Gasteiger partial charge in [0.25, 0.3) is 11.8 Å². The van der Waals surface area contributed by atoms with Crippen molar-refractivity contribution in [2.24, 2.45) is 5.92 Å². The lowest BCUT2D eigenvalue weighted by atomic mass is 9.98. The van der Waals surface area contributed by atoms with Gasteiger partial charge in [0.1, 0.15) is 11.4 Å². The van der Waals surface area contributed by atoms with Crippen LogP contribution in [-0.2, 0) is 0 Å². The van der Waals surface area contributed by atoms with E-state index in [1.807, 2.05) is 36.1 Å². The molecule has 0 radical (unpaired) electrons. The van der Waals surface area contributed by atoms with Crippen LogP contribution in [0.1, 0.15) is 45.2 Å². The molecule has 3 atom stereocenters. The monoisotopic (exact) mass is 550 g/mol. The second kappa shape index (κ2) is 8.85. The number of hydrogen-bond donors (Lipinski definition) is 1. The maximum absolute atomic E-state index is 13.8. The van der Waals surface area contributed by atoms with Gasteiger partial charge in [0.15, 0.2) is 3.92 Å². The first-order valence-electron chi connectivity index (χ1n) is 10.4. The maximum atomic E-state index is 13.8. The number of aryl methyl sites for hydroxylation is 1. The molecule has 2 bridgehead atoms. The smallest absolute Gasteiger partial charge is 0.274 e. The SMILES string of the molecule is Cc1nc(C(=O)N2[C@@H]3CC[C@@H](C3)[C@H]2CNC(=O)c2csc(Br)n2)c(-c2cccc(Cl)c2)s1. The number of carbonyl (C=O) groups excluding carboxylic acids is 2. The van der Waals surface area contributed by atoms with Crippen molar-refractivity contribution in [2.75, 3.05) is 6.54 Å². The highest BCUT2D eigenvalue weighted by molar-refractivity contribution is 9.11. The number of piperidine rings is 1. The summed E-state index contributed by atoms with van der Waals surface area (Å²) >= 11 is 12.4. The van der Waals surface area contributed by atoms with E-state index in [0.717, 1.165) is 34.7 Å². The molecule has 2 amide bonds. The van der Waals surface area contributed by atoms with Crippen LogP contribution < -0.4 is 5.32 Å². The van der Waals surface area contributed by atoms with Gasteiger partial charge < -0.3 is 10.2 Å². The van der Waals surface area contributed by atoms with Crippen molar-refractivity contribution in [2.45, 2.75) is 38.3 Å². The average molecular weight is 552 g/mol. The molecular weight excluding hydrogens is 532 g/mol. The molecule has 0 unspecified atom stereocenters. The molecule has 3 aromatic rings. The summed E-state index contributed by atoms with van der Waals surface area (Å²) in [4.78, 5) is 37.9. The Morgan fingerprint density at radius 2 is 2.16 bits per heavy atom. The minimum absolute atomic E-state index is 0.0403. The van der Waals surface area contributed by atoms with Crippen molar-refractivity contribution in [3.63, 3.8) is 0 Å².